The zero-order chi connectivity index (χ0) is 34.9. The second-order valence-corrected chi connectivity index (χ2v) is 13.1. The van der Waals surface area contributed by atoms with Crippen LogP contribution in [0.15, 0.2) is 173 Å². The van der Waals surface area contributed by atoms with Crippen molar-refractivity contribution in [3.63, 3.8) is 0 Å². The van der Waals surface area contributed by atoms with Crippen molar-refractivity contribution in [2.75, 3.05) is 0 Å². The Bertz CT molecular complexity index is 3090. The third-order valence-electron chi connectivity index (χ3n) is 9.93. The molecule has 0 aliphatic carbocycles. The van der Waals surface area contributed by atoms with Crippen LogP contribution in [-0.4, -0.2) is 24.5 Å². The van der Waals surface area contributed by atoms with Crippen LogP contribution in [0, 0.1) is 0 Å². The van der Waals surface area contributed by atoms with Crippen LogP contribution in [0.25, 0.3) is 106 Å². The summed E-state index contributed by atoms with van der Waals surface area (Å²) < 4.78 is 14.7. The van der Waals surface area contributed by atoms with Crippen molar-refractivity contribution in [2.45, 2.75) is 0 Å². The predicted octanol–water partition coefficient (Wildman–Crippen LogP) is 11.7. The average molecular weight is 682 g/mol. The van der Waals surface area contributed by atoms with Gasteiger partial charge < -0.3 is 8.83 Å². The summed E-state index contributed by atoms with van der Waals surface area (Å²) in [5.74, 6) is 2.22. The van der Waals surface area contributed by atoms with Crippen LogP contribution < -0.4 is 0 Å². The summed E-state index contributed by atoms with van der Waals surface area (Å²) in [6, 6.07) is 55.4. The van der Waals surface area contributed by atoms with Gasteiger partial charge in [-0.2, -0.15) is 9.97 Å². The quantitative estimate of drug-likeness (QED) is 0.180. The molecule has 0 radical (unpaired) electrons. The summed E-state index contributed by atoms with van der Waals surface area (Å²) in [6.45, 7) is 0. The summed E-state index contributed by atoms with van der Waals surface area (Å²) >= 11 is 0. The van der Waals surface area contributed by atoms with Crippen LogP contribution in [0.3, 0.4) is 0 Å². The summed E-state index contributed by atoms with van der Waals surface area (Å²) in [4.78, 5) is 20.3. The number of rotatable bonds is 5. The van der Waals surface area contributed by atoms with Crippen LogP contribution in [-0.2, 0) is 0 Å². The maximum absolute atomic E-state index is 6.49. The van der Waals surface area contributed by atoms with E-state index in [1.165, 1.54) is 0 Å². The Labute approximate surface area is 302 Å². The lowest BCUT2D eigenvalue weighted by molar-refractivity contribution is 0.619. The standard InChI is InChI=1S/C46H27N5O2/c1-2-11-28(12-3-1)29-21-23-30(24-22-29)43-48-44(50-46(49-43)51-37-17-7-4-13-32(37)33-14-5-8-18-38(33)51)35-15-10-20-40-42(35)34-26-25-31(27-41(34)52-40)45-47-36-16-6-9-19-39(36)53-45/h1-27H. The average Bonchev–Trinajstić information content (AvgIpc) is 3.93. The van der Waals surface area contributed by atoms with Gasteiger partial charge in [0.2, 0.25) is 11.8 Å². The van der Waals surface area contributed by atoms with Gasteiger partial charge in [-0.3, -0.25) is 4.57 Å². The van der Waals surface area contributed by atoms with Crippen molar-refractivity contribution in [3.8, 4) is 51.3 Å². The second kappa shape index (κ2) is 11.6. The van der Waals surface area contributed by atoms with E-state index >= 15 is 0 Å². The summed E-state index contributed by atoms with van der Waals surface area (Å²) in [6.07, 6.45) is 0. The molecule has 53 heavy (non-hydrogen) atoms. The van der Waals surface area contributed by atoms with Gasteiger partial charge in [0.25, 0.3) is 0 Å². The minimum absolute atomic E-state index is 0.539. The lowest BCUT2D eigenvalue weighted by Gasteiger charge is -2.12. The highest BCUT2D eigenvalue weighted by atomic mass is 16.3. The van der Waals surface area contributed by atoms with Crippen LogP contribution in [0.4, 0.5) is 0 Å². The van der Waals surface area contributed by atoms with Crippen molar-refractivity contribution in [1.82, 2.24) is 24.5 Å². The van der Waals surface area contributed by atoms with Crippen molar-refractivity contribution in [3.05, 3.63) is 164 Å². The Hall–Kier alpha value is -7.38. The highest BCUT2D eigenvalue weighted by Crippen LogP contribution is 2.39. The molecule has 0 atom stereocenters. The van der Waals surface area contributed by atoms with E-state index in [9.17, 15) is 0 Å². The van der Waals surface area contributed by atoms with Crippen LogP contribution in [0.1, 0.15) is 0 Å². The molecule has 11 aromatic rings. The minimum atomic E-state index is 0.539. The van der Waals surface area contributed by atoms with Gasteiger partial charge >= 0.3 is 0 Å². The lowest BCUT2D eigenvalue weighted by Crippen LogP contribution is -2.06. The number of benzene rings is 7. The van der Waals surface area contributed by atoms with Crippen LogP contribution >= 0.6 is 0 Å². The first-order valence-corrected chi connectivity index (χ1v) is 17.5. The number of para-hydroxylation sites is 4. The van der Waals surface area contributed by atoms with Crippen molar-refractivity contribution in [2.24, 2.45) is 0 Å². The van der Waals surface area contributed by atoms with Crippen molar-refractivity contribution >= 4 is 54.8 Å². The molecule has 7 heteroatoms. The molecule has 0 amide bonds. The first-order valence-electron chi connectivity index (χ1n) is 17.5. The molecule has 0 unspecified atom stereocenters. The zero-order valence-corrected chi connectivity index (χ0v) is 28.1. The van der Waals surface area contributed by atoms with Gasteiger partial charge in [0, 0.05) is 38.2 Å². The molecule has 7 nitrogen and oxygen atoms in total. The Morgan fingerprint density at radius 3 is 1.83 bits per heavy atom. The molecule has 4 aromatic heterocycles. The van der Waals surface area contributed by atoms with E-state index in [0.29, 0.717) is 23.5 Å². The topological polar surface area (TPSA) is 82.8 Å². The molecule has 0 saturated heterocycles. The molecule has 248 valence electrons. The Kier molecular flexibility index (Phi) is 6.42. The Morgan fingerprint density at radius 2 is 1.04 bits per heavy atom. The fourth-order valence-electron chi connectivity index (χ4n) is 7.44. The van der Waals surface area contributed by atoms with Crippen molar-refractivity contribution < 1.29 is 8.83 Å². The molecule has 0 saturated carbocycles. The minimum Gasteiger partial charge on any atom is -0.456 e. The van der Waals surface area contributed by atoms with Crippen molar-refractivity contribution in [1.29, 1.82) is 0 Å². The number of aromatic nitrogens is 5. The number of oxazole rings is 1. The van der Waals surface area contributed by atoms with Crippen LogP contribution in [0.2, 0.25) is 0 Å². The molecular weight excluding hydrogens is 655 g/mol. The van der Waals surface area contributed by atoms with E-state index in [1.807, 2.05) is 54.6 Å². The van der Waals surface area contributed by atoms with Gasteiger partial charge in [-0.05, 0) is 59.7 Å². The summed E-state index contributed by atoms with van der Waals surface area (Å²) in [5, 5.41) is 4.15. The second-order valence-electron chi connectivity index (χ2n) is 13.1. The van der Waals surface area contributed by atoms with E-state index in [0.717, 1.165) is 82.7 Å². The molecule has 0 bridgehead atoms. The summed E-state index contributed by atoms with van der Waals surface area (Å²) in [5.41, 5.74) is 9.92. The normalized spacial score (nSPS) is 11.8. The molecule has 7 aromatic carbocycles. The smallest absolute Gasteiger partial charge is 0.238 e. The molecule has 0 aliphatic rings. The number of hydrogen-bond donors (Lipinski definition) is 0. The first kappa shape index (κ1) is 29.4. The number of nitrogens with zero attached hydrogens (tertiary/aromatic N) is 5. The monoisotopic (exact) mass is 681 g/mol. The van der Waals surface area contributed by atoms with Gasteiger partial charge in [-0.25, -0.2) is 9.97 Å². The fraction of sp³-hybridized carbons (Fsp3) is 0. The molecule has 11 rings (SSSR count). The van der Waals surface area contributed by atoms with Gasteiger partial charge in [0.15, 0.2) is 17.2 Å². The number of fused-ring (bicyclic) bond motifs is 7. The highest BCUT2D eigenvalue weighted by molar-refractivity contribution is 6.12. The molecule has 0 fully saturated rings. The molecule has 0 aliphatic heterocycles. The largest absolute Gasteiger partial charge is 0.456 e. The maximum Gasteiger partial charge on any atom is 0.238 e. The first-order chi connectivity index (χ1) is 26.2. The SMILES string of the molecule is c1ccc(-c2ccc(-c3nc(-c4cccc5oc6cc(-c7nc8ccccc8o7)ccc6c45)nc(-n4c5ccccc5c5ccccc54)n3)cc2)cc1. The zero-order valence-electron chi connectivity index (χ0n) is 28.1. The lowest BCUT2D eigenvalue weighted by atomic mass is 10.0. The van der Waals surface area contributed by atoms with Gasteiger partial charge in [-0.1, -0.05) is 115 Å². The Balaban J connectivity index is 1.12. The molecule has 0 N–H and O–H groups in total. The third-order valence-corrected chi connectivity index (χ3v) is 9.93. The third kappa shape index (κ3) is 4.75. The highest BCUT2D eigenvalue weighted by Gasteiger charge is 2.21. The van der Waals surface area contributed by atoms with E-state index < -0.39 is 0 Å². The maximum atomic E-state index is 6.49. The van der Waals surface area contributed by atoms with Crippen LogP contribution in [0.5, 0.6) is 0 Å². The summed E-state index contributed by atoms with van der Waals surface area (Å²) in [7, 11) is 0. The van der Waals surface area contributed by atoms with E-state index in [2.05, 4.69) is 114 Å². The molecule has 4 heterocycles. The molecule has 0 spiro atoms. The molecular formula is C46H27N5O2. The fourth-order valence-corrected chi connectivity index (χ4v) is 7.44. The van der Waals surface area contributed by atoms with Gasteiger partial charge in [0.05, 0.1) is 11.0 Å². The number of furan rings is 1. The number of hydrogen-bond acceptors (Lipinski definition) is 6. The van der Waals surface area contributed by atoms with E-state index in [1.54, 1.807) is 0 Å². The van der Waals surface area contributed by atoms with E-state index in [4.69, 9.17) is 28.8 Å². The Morgan fingerprint density at radius 1 is 0.396 bits per heavy atom. The van der Waals surface area contributed by atoms with Gasteiger partial charge in [-0.15, -0.1) is 0 Å². The van der Waals surface area contributed by atoms with E-state index in [-0.39, 0.29) is 0 Å². The van der Waals surface area contributed by atoms with Gasteiger partial charge in [0.1, 0.15) is 16.7 Å². The predicted molar refractivity (Wildman–Crippen MR) is 211 cm³/mol.